The average molecular weight is 1890 g/mol. The number of hydrogen-bond acceptors (Lipinski definition) is 26. The Morgan fingerprint density at radius 2 is 0.767 bits per heavy atom. The molecule has 0 aliphatic rings. The van der Waals surface area contributed by atoms with Crippen molar-refractivity contribution < 1.29 is 86.9 Å². The number of carbonyl (C=O) groups is 16. The van der Waals surface area contributed by atoms with E-state index in [0.29, 0.717) is 106 Å². The molecule has 744 valence electrons. The molecule has 0 radical (unpaired) electrons. The molecule has 0 aliphatic heterocycles. The lowest BCUT2D eigenvalue weighted by atomic mass is 9.99. The number of para-hydroxylation sites is 1. The molecular weight excluding hydrogens is 1750 g/mol. The van der Waals surface area contributed by atoms with E-state index < -0.39 is 222 Å². The lowest BCUT2D eigenvalue weighted by Crippen LogP contribution is -2.62. The van der Waals surface area contributed by atoms with Gasteiger partial charge in [-0.15, -0.1) is 0 Å². The number of carbonyl (C=O) groups excluding carboxylic acids is 15. The van der Waals surface area contributed by atoms with Crippen LogP contribution in [0.25, 0.3) is 10.9 Å². The Hall–Kier alpha value is -11.9. The van der Waals surface area contributed by atoms with E-state index in [9.17, 15) is 86.9 Å². The monoisotopic (exact) mass is 1890 g/mol. The fourth-order valence-corrected chi connectivity index (χ4v) is 14.4. The summed E-state index contributed by atoms with van der Waals surface area (Å²) in [5, 5.41) is 78.8. The first-order valence-electron chi connectivity index (χ1n) is 45.2. The maximum atomic E-state index is 14.8. The van der Waals surface area contributed by atoms with E-state index in [-0.39, 0.29) is 109 Å². The number of carboxylic acid groups (broad SMARTS) is 1. The molecule has 3 aromatic rings. The number of fused-ring (bicyclic) bond motifs is 1. The van der Waals surface area contributed by atoms with Gasteiger partial charge >= 0.3 is 5.97 Å². The third-order valence-electron chi connectivity index (χ3n) is 21.6. The van der Waals surface area contributed by atoms with Crippen LogP contribution >= 0.6 is 11.8 Å². The van der Waals surface area contributed by atoms with E-state index in [1.807, 2.05) is 0 Å². The Balaban J connectivity index is 1.98. The van der Waals surface area contributed by atoms with Crippen LogP contribution in [0.3, 0.4) is 0 Å². The van der Waals surface area contributed by atoms with Crippen LogP contribution in [0.1, 0.15) is 180 Å². The number of unbranched alkanes of at least 4 members (excludes halogenated alkanes) is 5. The summed E-state index contributed by atoms with van der Waals surface area (Å²) in [6.07, 6.45) is 4.77. The summed E-state index contributed by atoms with van der Waals surface area (Å²) < 4.78 is 0. The van der Waals surface area contributed by atoms with Crippen LogP contribution < -0.4 is 137 Å². The summed E-state index contributed by atoms with van der Waals surface area (Å²) in [6.45, 7) is 6.20. The van der Waals surface area contributed by atoms with Crippen molar-refractivity contribution in [2.75, 3.05) is 64.4 Å². The molecule has 0 spiro atoms. The minimum Gasteiger partial charge on any atom is -0.480 e. The summed E-state index contributed by atoms with van der Waals surface area (Å²) in [4.78, 5) is 229. The molecule has 1 aromatic heterocycles. The number of guanidine groups is 2. The molecule has 0 saturated carbocycles. The number of rotatable bonds is 69. The highest BCUT2D eigenvalue weighted by atomic mass is 32.2. The SMILES string of the molecule is CSCC[C@H](NC(=O)[C@H](CCC(N)=O)NC(=O)[C@H](Cc1c[nH]c2ccccc12)NC(=O)CNC(=O)[C@H](CCCNC(=N)N)NC(=O)[C@H](CCCNC(=N)N)NC(=O)[C@H](C)NC(=O)[C@@H](NC(=O)[C@H](Cc1ccccc1)NC(=O)[C@H](CCCCN)NC(=O)[C@@H](NC(=O)[C@H](CCCCN)NC(=O)[C@@H](N)CCCCN)C(C)C)[C@@H](C)O)C(=O)N[C@@H](CCCCN)C(=O)N[C@@H](CCCCN)C(=O)O. The number of primary amides is 1. The number of aliphatic carboxylic acids is 1. The molecule has 133 heavy (non-hydrogen) atoms. The van der Waals surface area contributed by atoms with Crippen LogP contribution in [0.15, 0.2) is 60.8 Å². The minimum atomic E-state index is -1.85. The number of benzene rings is 2. The van der Waals surface area contributed by atoms with Crippen LogP contribution in [0, 0.1) is 16.7 Å². The number of aromatic amines is 1. The summed E-state index contributed by atoms with van der Waals surface area (Å²) in [6, 6.07) is -4.72. The number of thioether (sulfide) groups is 1. The Labute approximate surface area is 779 Å². The second-order valence-corrected chi connectivity index (χ2v) is 33.9. The summed E-state index contributed by atoms with van der Waals surface area (Å²) in [5.41, 5.74) is 53.1. The van der Waals surface area contributed by atoms with E-state index in [0.717, 1.165) is 6.92 Å². The number of aliphatic hydroxyl groups excluding tert-OH is 1. The van der Waals surface area contributed by atoms with Gasteiger partial charge in [0.2, 0.25) is 88.6 Å². The van der Waals surface area contributed by atoms with Gasteiger partial charge < -0.3 is 152 Å². The van der Waals surface area contributed by atoms with Crippen LogP contribution in [0.4, 0.5) is 0 Å². The van der Waals surface area contributed by atoms with Gasteiger partial charge in [-0.05, 0) is 210 Å². The predicted molar refractivity (Wildman–Crippen MR) is 502 cm³/mol. The molecule has 0 saturated heterocycles. The number of aromatic nitrogens is 1. The van der Waals surface area contributed by atoms with Gasteiger partial charge in [-0.25, -0.2) is 4.79 Å². The first kappa shape index (κ1) is 115. The fourth-order valence-electron chi connectivity index (χ4n) is 13.9. The van der Waals surface area contributed by atoms with E-state index in [1.165, 1.54) is 18.7 Å². The zero-order valence-electron chi connectivity index (χ0n) is 76.9. The predicted octanol–water partition coefficient (Wildman–Crippen LogP) is -5.97. The maximum Gasteiger partial charge on any atom is 0.326 e. The van der Waals surface area contributed by atoms with Gasteiger partial charge in [-0.3, -0.25) is 82.7 Å². The van der Waals surface area contributed by atoms with E-state index in [1.54, 1.807) is 80.9 Å². The van der Waals surface area contributed by atoms with Crippen molar-refractivity contribution in [2.24, 2.45) is 57.5 Å². The average Bonchev–Trinajstić information content (AvgIpc) is 1.70. The molecule has 46 nitrogen and oxygen atoms in total. The Kier molecular flexibility index (Phi) is 55.5. The van der Waals surface area contributed by atoms with E-state index >= 15 is 0 Å². The molecular formula is C86H146N28O18S. The highest BCUT2D eigenvalue weighted by molar-refractivity contribution is 7.98. The normalized spacial score (nSPS) is 14.6. The molecule has 2 aromatic carbocycles. The van der Waals surface area contributed by atoms with Gasteiger partial charge in [0.25, 0.3) is 0 Å². The van der Waals surface area contributed by atoms with Gasteiger partial charge in [-0.2, -0.15) is 11.8 Å². The highest BCUT2D eigenvalue weighted by Gasteiger charge is 2.39. The van der Waals surface area contributed by atoms with Crippen LogP contribution in [-0.2, 0) is 89.6 Å². The number of hydrogen-bond donors (Lipinski definition) is 30. The summed E-state index contributed by atoms with van der Waals surface area (Å²) in [5.74, 6) is -16.1. The van der Waals surface area contributed by atoms with Crippen molar-refractivity contribution in [2.45, 2.75) is 272 Å². The number of carboxylic acids is 1. The van der Waals surface area contributed by atoms with Crippen LogP contribution in [0.2, 0.25) is 0 Å². The van der Waals surface area contributed by atoms with Crippen LogP contribution in [-0.4, -0.2) is 277 Å². The zero-order chi connectivity index (χ0) is 99.1. The van der Waals surface area contributed by atoms with Gasteiger partial charge in [-0.1, -0.05) is 68.8 Å². The third kappa shape index (κ3) is 44.9. The molecule has 39 N–H and O–H groups in total. The van der Waals surface area contributed by atoms with Crippen molar-refractivity contribution in [3.8, 4) is 0 Å². The van der Waals surface area contributed by atoms with Gasteiger partial charge in [0.15, 0.2) is 11.9 Å². The Morgan fingerprint density at radius 1 is 0.391 bits per heavy atom. The van der Waals surface area contributed by atoms with Gasteiger partial charge in [0.1, 0.15) is 78.5 Å². The number of nitrogens with one attached hydrogen (secondary N) is 19. The van der Waals surface area contributed by atoms with Crippen LogP contribution in [0.5, 0.6) is 0 Å². The molecule has 47 heteroatoms. The van der Waals surface area contributed by atoms with Crippen molar-refractivity contribution in [3.05, 3.63) is 71.9 Å². The molecule has 0 bridgehead atoms. The van der Waals surface area contributed by atoms with E-state index in [2.05, 4.69) is 90.1 Å². The quantitative estimate of drug-likeness (QED) is 0.0142. The number of amides is 15. The fraction of sp³-hybridized carbons (Fsp3) is 0.628. The lowest BCUT2D eigenvalue weighted by Gasteiger charge is -2.29. The Morgan fingerprint density at radius 3 is 1.23 bits per heavy atom. The Bertz CT molecular complexity index is 4230. The summed E-state index contributed by atoms with van der Waals surface area (Å²) >= 11 is 1.31. The smallest absolute Gasteiger partial charge is 0.326 e. The highest BCUT2D eigenvalue weighted by Crippen LogP contribution is 2.21. The van der Waals surface area contributed by atoms with Gasteiger partial charge in [0, 0.05) is 49.5 Å². The largest absolute Gasteiger partial charge is 0.480 e. The van der Waals surface area contributed by atoms with Crippen molar-refractivity contribution in [1.82, 2.24) is 90.1 Å². The first-order valence-corrected chi connectivity index (χ1v) is 46.6. The van der Waals surface area contributed by atoms with E-state index in [4.69, 9.17) is 62.4 Å². The number of nitrogens with two attached hydrogens (primary N) is 9. The third-order valence-corrected chi connectivity index (χ3v) is 22.2. The molecule has 0 fully saturated rings. The summed E-state index contributed by atoms with van der Waals surface area (Å²) in [7, 11) is 0. The molecule has 15 amide bonds. The first-order chi connectivity index (χ1) is 63.3. The molecule has 15 atom stereocenters. The molecule has 0 aliphatic carbocycles. The molecule has 1 heterocycles. The molecule has 3 rings (SSSR count). The second-order valence-electron chi connectivity index (χ2n) is 32.9. The second kappa shape index (κ2) is 64.0. The van der Waals surface area contributed by atoms with Crippen molar-refractivity contribution in [3.63, 3.8) is 0 Å². The maximum absolute atomic E-state index is 14.8. The van der Waals surface area contributed by atoms with Crippen molar-refractivity contribution >= 4 is 129 Å². The molecule has 0 unspecified atom stereocenters. The number of aliphatic hydroxyl groups is 1. The van der Waals surface area contributed by atoms with Gasteiger partial charge in [0.05, 0.1) is 18.7 Å². The standard InChI is InChI=1S/C86H146N28O18S/c1-49(2)69(113-79(126)60(30-14-19-40-90)105-72(119)55(92)26-11-16-37-87)82(129)110-59(29-13-18-39-89)76(123)112-65(45-52-23-7-6-8-24-52)81(128)114-70(51(4)115)83(130)102-50(3)71(118)104-61(33-22-43-99-86(96)97)74(121)106-57(32-21-42-98-85(94)95)73(120)101-48-68(117)103-66(46-53-47-100-56-27-10-9-25-54(53)56)80(127)108-62(34-35-67(93)116)77(124)109-63(36-44-133-5)78(125)107-58(28-12-17-38-88)75(122)111-64(84(131)132)31-15-20-41-91/h6-10,23-25,27,47,49-51,55,57-66,69-70,100,115H,11-22,26,28-46,48,87-92H2,1-5H3,(H2,93,116)(H,101,120)(H,102,130)(H,103,117)(H,104,118)(H,105,119)(H,106,121)(H,107,125)(H,108,127)(H,109,124)(H,110,129)(H,111,122)(H,112,123)(H,113,126)(H,114,128)(H,131,132)(H4,94,95,98)(H4,96,97,99)/t50-,51+,55-,57-,58-,59-,60-,61-,62-,63-,64-,65-,66-,69-,70-/m0/s1. The number of H-pyrrole nitrogens is 1. The zero-order valence-corrected chi connectivity index (χ0v) is 77.7. The topological polar surface area (TPSA) is 804 Å². The van der Waals surface area contributed by atoms with Crippen molar-refractivity contribution in [1.29, 1.82) is 10.8 Å². The lowest BCUT2D eigenvalue weighted by molar-refractivity contribution is -0.142. The minimum absolute atomic E-state index is 0.0159.